The van der Waals surface area contributed by atoms with Crippen LogP contribution < -0.4 is 10.6 Å². The van der Waals surface area contributed by atoms with Crippen molar-refractivity contribution in [2.45, 2.75) is 39.2 Å². The van der Waals surface area contributed by atoms with E-state index in [2.05, 4.69) is 15.6 Å². The largest absolute Gasteiger partial charge is 0.481 e. The zero-order valence-electron chi connectivity index (χ0n) is 15.9. The molecule has 0 fully saturated rings. The van der Waals surface area contributed by atoms with E-state index in [-0.39, 0.29) is 18.2 Å². The van der Waals surface area contributed by atoms with E-state index in [0.717, 1.165) is 16.5 Å². The molecule has 2 aromatic rings. The van der Waals surface area contributed by atoms with E-state index >= 15 is 0 Å². The van der Waals surface area contributed by atoms with Crippen LogP contribution in [0, 0.1) is 11.8 Å². The van der Waals surface area contributed by atoms with Gasteiger partial charge in [-0.25, -0.2) is 0 Å². The van der Waals surface area contributed by atoms with Crippen molar-refractivity contribution in [3.8, 4) is 0 Å². The molecule has 2 rings (SSSR count). The number of carbonyl (C=O) groups excluding carboxylic acids is 2. The van der Waals surface area contributed by atoms with E-state index in [1.54, 1.807) is 0 Å². The third kappa shape index (κ3) is 5.57. The van der Waals surface area contributed by atoms with E-state index in [0.29, 0.717) is 12.8 Å². The second-order valence-corrected chi connectivity index (χ2v) is 7.16. The predicted octanol–water partition coefficient (Wildman–Crippen LogP) is 2.08. The molecule has 0 aliphatic heterocycles. The van der Waals surface area contributed by atoms with Crippen LogP contribution in [0.4, 0.5) is 0 Å². The number of benzene rings is 1. The first-order chi connectivity index (χ1) is 12.8. The van der Waals surface area contributed by atoms with Gasteiger partial charge in [0, 0.05) is 36.5 Å². The molecular formula is C20H27N3O4. The maximum atomic E-state index is 12.7. The smallest absolute Gasteiger partial charge is 0.304 e. The van der Waals surface area contributed by atoms with Gasteiger partial charge in [-0.3, -0.25) is 14.4 Å². The van der Waals surface area contributed by atoms with Crippen molar-refractivity contribution >= 4 is 28.7 Å². The molecule has 2 amide bonds. The molecule has 0 saturated carbocycles. The lowest BCUT2D eigenvalue weighted by Crippen LogP contribution is -2.49. The Kier molecular flexibility index (Phi) is 6.98. The third-order valence-corrected chi connectivity index (χ3v) is 4.53. The maximum absolute atomic E-state index is 12.7. The summed E-state index contributed by atoms with van der Waals surface area (Å²) in [4.78, 5) is 39.3. The highest BCUT2D eigenvalue weighted by atomic mass is 16.4. The number of carboxylic acid groups (broad SMARTS) is 1. The first-order valence-electron chi connectivity index (χ1n) is 9.10. The molecule has 0 bridgehead atoms. The molecule has 0 spiro atoms. The normalized spacial score (nSPS) is 13.3. The van der Waals surface area contributed by atoms with Crippen molar-refractivity contribution < 1.29 is 19.5 Å². The number of rotatable bonds is 9. The van der Waals surface area contributed by atoms with Crippen molar-refractivity contribution in [3.63, 3.8) is 0 Å². The molecule has 2 atom stereocenters. The lowest BCUT2D eigenvalue weighted by atomic mass is 9.92. The first kappa shape index (κ1) is 20.5. The SMILES string of the molecule is CNC(=O)C(Cc1c[nH]c2ccccc12)NC(=O)[C@@H](CC(=O)O)CC(C)C. The Balaban J connectivity index is 2.19. The number of aromatic amines is 1. The fraction of sp³-hybridized carbons (Fsp3) is 0.450. The van der Waals surface area contributed by atoms with Gasteiger partial charge in [0.2, 0.25) is 11.8 Å². The summed E-state index contributed by atoms with van der Waals surface area (Å²) < 4.78 is 0. The monoisotopic (exact) mass is 373 g/mol. The summed E-state index contributed by atoms with van der Waals surface area (Å²) >= 11 is 0. The van der Waals surface area contributed by atoms with Gasteiger partial charge in [-0.1, -0.05) is 32.0 Å². The summed E-state index contributed by atoms with van der Waals surface area (Å²) in [6, 6.07) is 6.96. The van der Waals surface area contributed by atoms with E-state index in [4.69, 9.17) is 5.11 Å². The van der Waals surface area contributed by atoms with Gasteiger partial charge in [-0.05, 0) is 24.0 Å². The Morgan fingerprint density at radius 3 is 2.48 bits per heavy atom. The van der Waals surface area contributed by atoms with Gasteiger partial charge in [-0.2, -0.15) is 0 Å². The molecule has 27 heavy (non-hydrogen) atoms. The Labute approximate surface area is 158 Å². The molecule has 1 aromatic carbocycles. The van der Waals surface area contributed by atoms with Crippen molar-refractivity contribution in [2.75, 3.05) is 7.05 Å². The van der Waals surface area contributed by atoms with Gasteiger partial charge in [-0.15, -0.1) is 0 Å². The van der Waals surface area contributed by atoms with Crippen molar-refractivity contribution in [3.05, 3.63) is 36.0 Å². The van der Waals surface area contributed by atoms with Gasteiger partial charge in [0.15, 0.2) is 0 Å². The standard InChI is InChI=1S/C20H27N3O4/c1-12(2)8-13(10-18(24)25)19(26)23-17(20(27)21-3)9-14-11-22-16-7-5-4-6-15(14)16/h4-7,11-13,17,22H,8-10H2,1-3H3,(H,21,27)(H,23,26)(H,24,25)/t13-,17?/m1/s1. The second-order valence-electron chi connectivity index (χ2n) is 7.16. The Morgan fingerprint density at radius 2 is 1.85 bits per heavy atom. The number of hydrogen-bond acceptors (Lipinski definition) is 3. The molecule has 1 unspecified atom stereocenters. The number of fused-ring (bicyclic) bond motifs is 1. The Hall–Kier alpha value is -2.83. The first-order valence-corrected chi connectivity index (χ1v) is 9.10. The van der Waals surface area contributed by atoms with Crippen LogP contribution in [0.1, 0.15) is 32.3 Å². The van der Waals surface area contributed by atoms with Crippen LogP contribution in [0.15, 0.2) is 30.5 Å². The summed E-state index contributed by atoms with van der Waals surface area (Å²) in [6.45, 7) is 3.87. The summed E-state index contributed by atoms with van der Waals surface area (Å²) in [7, 11) is 1.51. The quantitative estimate of drug-likeness (QED) is 0.539. The second kappa shape index (κ2) is 9.21. The van der Waals surface area contributed by atoms with Crippen molar-refractivity contribution in [2.24, 2.45) is 11.8 Å². The lowest BCUT2D eigenvalue weighted by Gasteiger charge is -2.22. The molecule has 0 aliphatic rings. The van der Waals surface area contributed by atoms with Crippen LogP contribution in [-0.2, 0) is 20.8 Å². The van der Waals surface area contributed by atoms with E-state index in [9.17, 15) is 14.4 Å². The number of carboxylic acids is 1. The lowest BCUT2D eigenvalue weighted by molar-refractivity contribution is -0.141. The minimum atomic E-state index is -1.02. The number of H-pyrrole nitrogens is 1. The van der Waals surface area contributed by atoms with Crippen LogP contribution in [0.3, 0.4) is 0 Å². The summed E-state index contributed by atoms with van der Waals surface area (Å²) in [5, 5.41) is 15.4. The van der Waals surface area contributed by atoms with E-state index < -0.39 is 23.8 Å². The minimum absolute atomic E-state index is 0.173. The molecule has 1 aromatic heterocycles. The van der Waals surface area contributed by atoms with Crippen LogP contribution in [-0.4, -0.2) is 41.0 Å². The van der Waals surface area contributed by atoms with Gasteiger partial charge >= 0.3 is 5.97 Å². The van der Waals surface area contributed by atoms with Crippen LogP contribution in [0.25, 0.3) is 10.9 Å². The van der Waals surface area contributed by atoms with Crippen molar-refractivity contribution in [1.29, 1.82) is 0 Å². The Morgan fingerprint density at radius 1 is 1.15 bits per heavy atom. The predicted molar refractivity (Wildman–Crippen MR) is 103 cm³/mol. The van der Waals surface area contributed by atoms with Gasteiger partial charge < -0.3 is 20.7 Å². The van der Waals surface area contributed by atoms with Crippen LogP contribution in [0.2, 0.25) is 0 Å². The molecule has 4 N–H and O–H groups in total. The summed E-state index contributed by atoms with van der Waals surface area (Å²) in [6.07, 6.45) is 2.34. The highest BCUT2D eigenvalue weighted by Gasteiger charge is 2.28. The van der Waals surface area contributed by atoms with Gasteiger partial charge in [0.25, 0.3) is 0 Å². The number of carbonyl (C=O) groups is 3. The number of para-hydroxylation sites is 1. The number of hydrogen-bond donors (Lipinski definition) is 4. The number of aliphatic carboxylic acids is 1. The average Bonchev–Trinajstić information content (AvgIpc) is 3.02. The van der Waals surface area contributed by atoms with Crippen LogP contribution >= 0.6 is 0 Å². The molecule has 1 heterocycles. The minimum Gasteiger partial charge on any atom is -0.481 e. The molecule has 0 saturated heterocycles. The fourth-order valence-electron chi connectivity index (χ4n) is 3.26. The zero-order valence-corrected chi connectivity index (χ0v) is 15.9. The highest BCUT2D eigenvalue weighted by molar-refractivity contribution is 5.91. The molecule has 7 nitrogen and oxygen atoms in total. The topological polar surface area (TPSA) is 111 Å². The summed E-state index contributed by atoms with van der Waals surface area (Å²) in [5.41, 5.74) is 1.87. The molecule has 146 valence electrons. The number of nitrogens with one attached hydrogen (secondary N) is 3. The van der Waals surface area contributed by atoms with Crippen molar-refractivity contribution in [1.82, 2.24) is 15.6 Å². The molecule has 7 heteroatoms. The number of likely N-dealkylation sites (N-methyl/N-ethyl adjacent to an activating group) is 1. The Bertz CT molecular complexity index is 812. The van der Waals surface area contributed by atoms with E-state index in [1.807, 2.05) is 44.3 Å². The van der Waals surface area contributed by atoms with E-state index in [1.165, 1.54) is 7.05 Å². The number of aromatic nitrogens is 1. The van der Waals surface area contributed by atoms with Crippen LogP contribution in [0.5, 0.6) is 0 Å². The average molecular weight is 373 g/mol. The maximum Gasteiger partial charge on any atom is 0.304 e. The highest BCUT2D eigenvalue weighted by Crippen LogP contribution is 2.20. The number of amides is 2. The molecule has 0 radical (unpaired) electrons. The third-order valence-electron chi connectivity index (χ3n) is 4.53. The zero-order chi connectivity index (χ0) is 20.0. The fourth-order valence-corrected chi connectivity index (χ4v) is 3.26. The molecular weight excluding hydrogens is 346 g/mol. The van der Waals surface area contributed by atoms with Gasteiger partial charge in [0.1, 0.15) is 6.04 Å². The van der Waals surface area contributed by atoms with Gasteiger partial charge in [0.05, 0.1) is 6.42 Å². The summed E-state index contributed by atoms with van der Waals surface area (Å²) in [5.74, 6) is -2.24. The molecule has 0 aliphatic carbocycles.